The van der Waals surface area contributed by atoms with Gasteiger partial charge in [0.05, 0.1) is 25.9 Å². The van der Waals surface area contributed by atoms with Crippen molar-refractivity contribution in [2.75, 3.05) is 33.9 Å². The van der Waals surface area contributed by atoms with E-state index in [4.69, 9.17) is 9.47 Å². The van der Waals surface area contributed by atoms with Gasteiger partial charge in [-0.1, -0.05) is 11.6 Å². The molecule has 0 aromatic heterocycles. The van der Waals surface area contributed by atoms with Crippen molar-refractivity contribution in [2.45, 2.75) is 33.0 Å². The average Bonchev–Trinajstić information content (AvgIpc) is 2.38. The van der Waals surface area contributed by atoms with Crippen LogP contribution in [0.5, 0.6) is 5.75 Å². The zero-order valence-corrected chi connectivity index (χ0v) is 13.2. The second-order valence-electron chi connectivity index (χ2n) is 5.44. The molecule has 0 amide bonds. The van der Waals surface area contributed by atoms with Gasteiger partial charge in [-0.2, -0.15) is 0 Å². The van der Waals surface area contributed by atoms with E-state index in [1.54, 1.807) is 7.11 Å². The van der Waals surface area contributed by atoms with Crippen LogP contribution in [0.3, 0.4) is 0 Å². The van der Waals surface area contributed by atoms with E-state index in [2.05, 4.69) is 4.90 Å². The zero-order valence-electron chi connectivity index (χ0n) is 13.2. The highest BCUT2D eigenvalue weighted by atomic mass is 16.5. The predicted octanol–water partition coefficient (Wildman–Crippen LogP) is 2.39. The fraction of sp³-hybridized carbons (Fsp3) is 0.625. The van der Waals surface area contributed by atoms with E-state index in [0.717, 1.165) is 23.4 Å². The summed E-state index contributed by atoms with van der Waals surface area (Å²) >= 11 is 0. The molecule has 0 aliphatic carbocycles. The molecule has 4 heteroatoms. The van der Waals surface area contributed by atoms with Gasteiger partial charge in [-0.05, 0) is 40.0 Å². The first-order chi connectivity index (χ1) is 9.43. The van der Waals surface area contributed by atoms with Gasteiger partial charge >= 0.3 is 0 Å². The monoisotopic (exact) mass is 281 g/mol. The number of aliphatic hydroxyl groups is 1. The van der Waals surface area contributed by atoms with Crippen molar-refractivity contribution in [2.24, 2.45) is 0 Å². The normalized spacial score (nSPS) is 13.0. The maximum Gasteiger partial charge on any atom is 0.124 e. The van der Waals surface area contributed by atoms with Gasteiger partial charge in [-0.25, -0.2) is 0 Å². The number of hydrogen-bond donors (Lipinski definition) is 1. The van der Waals surface area contributed by atoms with E-state index >= 15 is 0 Å². The summed E-state index contributed by atoms with van der Waals surface area (Å²) < 4.78 is 10.8. The fourth-order valence-corrected chi connectivity index (χ4v) is 2.04. The van der Waals surface area contributed by atoms with Crippen molar-refractivity contribution in [3.05, 3.63) is 29.3 Å². The molecule has 0 bridgehead atoms. The van der Waals surface area contributed by atoms with Gasteiger partial charge in [0.1, 0.15) is 5.75 Å². The smallest absolute Gasteiger partial charge is 0.124 e. The molecule has 1 aromatic carbocycles. The highest BCUT2D eigenvalue weighted by Crippen LogP contribution is 2.26. The van der Waals surface area contributed by atoms with Crippen LogP contribution in [-0.4, -0.2) is 50.0 Å². The molecule has 1 atom stereocenters. The molecule has 1 unspecified atom stereocenters. The molecule has 0 aliphatic heterocycles. The Morgan fingerprint density at radius 2 is 2.00 bits per heavy atom. The van der Waals surface area contributed by atoms with Crippen LogP contribution < -0.4 is 4.74 Å². The van der Waals surface area contributed by atoms with Crippen LogP contribution in [0.25, 0.3) is 0 Å². The third-order valence-electron chi connectivity index (χ3n) is 3.15. The molecule has 20 heavy (non-hydrogen) atoms. The van der Waals surface area contributed by atoms with Crippen LogP contribution in [-0.2, 0) is 4.74 Å². The summed E-state index contributed by atoms with van der Waals surface area (Å²) in [6, 6.07) is 5.85. The summed E-state index contributed by atoms with van der Waals surface area (Å²) in [4.78, 5) is 2.06. The first-order valence-electron chi connectivity index (χ1n) is 7.06. The summed E-state index contributed by atoms with van der Waals surface area (Å²) in [6.07, 6.45) is -0.320. The maximum atomic E-state index is 10.4. The summed E-state index contributed by atoms with van der Waals surface area (Å²) in [5.74, 6) is 0.731. The molecule has 0 saturated carbocycles. The molecule has 0 radical (unpaired) electrons. The van der Waals surface area contributed by atoms with Gasteiger partial charge in [0.2, 0.25) is 0 Å². The van der Waals surface area contributed by atoms with Crippen LogP contribution in [0.2, 0.25) is 0 Å². The Morgan fingerprint density at radius 1 is 1.30 bits per heavy atom. The minimum Gasteiger partial charge on any atom is -0.496 e. The molecule has 1 N–H and O–H groups in total. The first kappa shape index (κ1) is 17.0. The van der Waals surface area contributed by atoms with E-state index in [1.807, 2.05) is 46.0 Å². The third-order valence-corrected chi connectivity index (χ3v) is 3.15. The molecule has 0 heterocycles. The lowest BCUT2D eigenvalue weighted by Gasteiger charge is -2.22. The predicted molar refractivity (Wildman–Crippen MR) is 81.3 cm³/mol. The quantitative estimate of drug-likeness (QED) is 0.794. The van der Waals surface area contributed by atoms with E-state index in [-0.39, 0.29) is 6.10 Å². The zero-order chi connectivity index (χ0) is 15.1. The fourth-order valence-electron chi connectivity index (χ4n) is 2.04. The number of rotatable bonds is 8. The van der Waals surface area contributed by atoms with Gasteiger partial charge < -0.3 is 19.5 Å². The lowest BCUT2D eigenvalue weighted by Crippen LogP contribution is -2.29. The largest absolute Gasteiger partial charge is 0.496 e. The number of methoxy groups -OCH3 is 1. The lowest BCUT2D eigenvalue weighted by molar-refractivity contribution is 0.0515. The summed E-state index contributed by atoms with van der Waals surface area (Å²) in [7, 11) is 3.61. The van der Waals surface area contributed by atoms with Gasteiger partial charge in [0.25, 0.3) is 0 Å². The molecule has 0 saturated heterocycles. The summed E-state index contributed by atoms with van der Waals surface area (Å²) in [5.41, 5.74) is 1.95. The molecule has 0 spiro atoms. The Labute approximate surface area is 122 Å². The minimum atomic E-state index is -0.561. The second kappa shape index (κ2) is 8.25. The van der Waals surface area contributed by atoms with Crippen molar-refractivity contribution in [1.82, 2.24) is 4.90 Å². The van der Waals surface area contributed by atoms with Crippen molar-refractivity contribution in [3.63, 3.8) is 0 Å². The first-order valence-corrected chi connectivity index (χ1v) is 7.06. The topological polar surface area (TPSA) is 41.9 Å². The molecule has 1 aromatic rings. The Morgan fingerprint density at radius 3 is 2.60 bits per heavy atom. The molecular weight excluding hydrogens is 254 g/mol. The molecule has 0 aliphatic rings. The van der Waals surface area contributed by atoms with Crippen LogP contribution in [0, 0.1) is 6.92 Å². The highest BCUT2D eigenvalue weighted by molar-refractivity contribution is 5.38. The van der Waals surface area contributed by atoms with Crippen LogP contribution in [0.15, 0.2) is 18.2 Å². The van der Waals surface area contributed by atoms with Gasteiger partial charge in [0.15, 0.2) is 0 Å². The molecule has 4 nitrogen and oxygen atoms in total. The van der Waals surface area contributed by atoms with Crippen LogP contribution in [0.1, 0.15) is 31.1 Å². The standard InChI is InChI=1S/C16H27NO3/c1-12(2)20-9-8-17(4)11-15(18)14-10-13(3)6-7-16(14)19-5/h6-7,10,12,15,18H,8-9,11H2,1-5H3. The lowest BCUT2D eigenvalue weighted by atomic mass is 10.0. The van der Waals surface area contributed by atoms with Gasteiger partial charge in [0, 0.05) is 18.7 Å². The van der Waals surface area contributed by atoms with Crippen molar-refractivity contribution < 1.29 is 14.6 Å². The number of aliphatic hydroxyl groups excluding tert-OH is 1. The van der Waals surface area contributed by atoms with Crippen LogP contribution >= 0.6 is 0 Å². The Hall–Kier alpha value is -1.10. The Bertz CT molecular complexity index is 407. The van der Waals surface area contributed by atoms with Crippen molar-refractivity contribution >= 4 is 0 Å². The molecule has 114 valence electrons. The van der Waals surface area contributed by atoms with Crippen molar-refractivity contribution in [3.8, 4) is 5.75 Å². The molecular formula is C16H27NO3. The minimum absolute atomic E-state index is 0.241. The number of aryl methyl sites for hydroxylation is 1. The van der Waals surface area contributed by atoms with Crippen molar-refractivity contribution in [1.29, 1.82) is 0 Å². The summed E-state index contributed by atoms with van der Waals surface area (Å²) in [5, 5.41) is 10.4. The molecule has 0 fully saturated rings. The third kappa shape index (κ3) is 5.49. The number of likely N-dealkylation sites (N-methyl/N-ethyl adjacent to an activating group) is 1. The number of hydrogen-bond acceptors (Lipinski definition) is 4. The highest BCUT2D eigenvalue weighted by Gasteiger charge is 2.15. The number of nitrogens with zero attached hydrogens (tertiary/aromatic N) is 1. The van der Waals surface area contributed by atoms with Gasteiger partial charge in [-0.15, -0.1) is 0 Å². The second-order valence-corrected chi connectivity index (χ2v) is 5.44. The van der Waals surface area contributed by atoms with E-state index < -0.39 is 6.10 Å². The van der Waals surface area contributed by atoms with E-state index in [0.29, 0.717) is 13.2 Å². The van der Waals surface area contributed by atoms with Gasteiger partial charge in [-0.3, -0.25) is 0 Å². The Balaban J connectivity index is 2.57. The van der Waals surface area contributed by atoms with E-state index in [1.165, 1.54) is 0 Å². The summed E-state index contributed by atoms with van der Waals surface area (Å²) in [6.45, 7) is 8.07. The SMILES string of the molecule is COc1ccc(C)cc1C(O)CN(C)CCOC(C)C. The van der Waals surface area contributed by atoms with E-state index in [9.17, 15) is 5.11 Å². The maximum absolute atomic E-state index is 10.4. The average molecular weight is 281 g/mol. The van der Waals surface area contributed by atoms with Crippen LogP contribution in [0.4, 0.5) is 0 Å². The molecule has 1 rings (SSSR count). The number of benzene rings is 1. The Kier molecular flexibility index (Phi) is 6.99. The number of ether oxygens (including phenoxy) is 2.